The van der Waals surface area contributed by atoms with E-state index in [0.717, 1.165) is 37.3 Å². The quantitative estimate of drug-likeness (QED) is 0.684. The van der Waals surface area contributed by atoms with Crippen LogP contribution < -0.4 is 16.3 Å². The van der Waals surface area contributed by atoms with Crippen molar-refractivity contribution in [3.63, 3.8) is 0 Å². The van der Waals surface area contributed by atoms with Gasteiger partial charge < -0.3 is 24.0 Å². The highest BCUT2D eigenvalue weighted by molar-refractivity contribution is 6.01. The molecule has 2 aliphatic carbocycles. The van der Waals surface area contributed by atoms with Gasteiger partial charge in [-0.1, -0.05) is 24.4 Å². The second-order valence-corrected chi connectivity index (χ2v) is 8.50. The van der Waals surface area contributed by atoms with E-state index in [9.17, 15) is 9.59 Å². The van der Waals surface area contributed by atoms with Crippen molar-refractivity contribution in [2.24, 2.45) is 11.1 Å². The number of carbonyl (C=O) groups is 1. The zero-order chi connectivity index (χ0) is 20.6. The van der Waals surface area contributed by atoms with Crippen molar-refractivity contribution >= 4 is 17.5 Å². The maximum atomic E-state index is 12.7. The first-order valence-electron chi connectivity index (χ1n) is 10.8. The standard InChI is InChI=1S/C21H27N3O6/c25-16-12-14(3-1-2-13-4-5-13)17-18(26)22-20(23-19(17)29-16)30-24-15-6-8-21(9-7-15)27-10-11-28-21/h12-13,20,23H,1-11H2,(H,22,26). The molecule has 1 aromatic rings. The van der Waals surface area contributed by atoms with Crippen LogP contribution in [0.2, 0.25) is 0 Å². The van der Waals surface area contributed by atoms with E-state index in [0.29, 0.717) is 43.6 Å². The van der Waals surface area contributed by atoms with Gasteiger partial charge in [0.25, 0.3) is 12.3 Å². The van der Waals surface area contributed by atoms with E-state index in [-0.39, 0.29) is 11.8 Å². The molecule has 1 atom stereocenters. The van der Waals surface area contributed by atoms with Crippen molar-refractivity contribution in [3.8, 4) is 0 Å². The van der Waals surface area contributed by atoms with Gasteiger partial charge in [0.2, 0.25) is 5.88 Å². The number of amides is 1. The van der Waals surface area contributed by atoms with Crippen molar-refractivity contribution in [2.75, 3.05) is 18.5 Å². The van der Waals surface area contributed by atoms with Gasteiger partial charge in [0, 0.05) is 18.9 Å². The Morgan fingerprint density at radius 3 is 2.63 bits per heavy atom. The number of ether oxygens (including phenoxy) is 2. The molecule has 4 aliphatic rings. The molecule has 2 N–H and O–H groups in total. The first kappa shape index (κ1) is 19.6. The third-order valence-electron chi connectivity index (χ3n) is 6.24. The average Bonchev–Trinajstić information content (AvgIpc) is 3.44. The Kier molecular flexibility index (Phi) is 5.24. The minimum Gasteiger partial charge on any atom is -0.406 e. The van der Waals surface area contributed by atoms with Crippen LogP contribution in [0.4, 0.5) is 5.88 Å². The van der Waals surface area contributed by atoms with Gasteiger partial charge in [-0.05, 0) is 37.2 Å². The van der Waals surface area contributed by atoms with Crippen LogP contribution in [0.5, 0.6) is 0 Å². The van der Waals surface area contributed by atoms with Crippen LogP contribution in [0.3, 0.4) is 0 Å². The van der Waals surface area contributed by atoms with Crippen molar-refractivity contribution in [2.45, 2.75) is 69.9 Å². The lowest BCUT2D eigenvalue weighted by molar-refractivity contribution is -0.168. The fourth-order valence-electron chi connectivity index (χ4n) is 4.40. The molecule has 9 nitrogen and oxygen atoms in total. The minimum absolute atomic E-state index is 0.147. The lowest BCUT2D eigenvalue weighted by Crippen LogP contribution is -2.47. The first-order valence-corrected chi connectivity index (χ1v) is 10.8. The highest BCUT2D eigenvalue weighted by Gasteiger charge is 2.39. The van der Waals surface area contributed by atoms with Crippen molar-refractivity contribution in [1.82, 2.24) is 5.32 Å². The monoisotopic (exact) mass is 417 g/mol. The van der Waals surface area contributed by atoms with Gasteiger partial charge in [-0.3, -0.25) is 10.1 Å². The van der Waals surface area contributed by atoms with E-state index in [1.807, 2.05) is 0 Å². The Hall–Kier alpha value is -2.39. The Morgan fingerprint density at radius 2 is 1.90 bits per heavy atom. The van der Waals surface area contributed by atoms with Crippen LogP contribution in [-0.2, 0) is 20.7 Å². The van der Waals surface area contributed by atoms with E-state index in [1.165, 1.54) is 18.9 Å². The molecule has 9 heteroatoms. The SMILES string of the molecule is O=C1NC(ON=C2CCC3(CC2)OCCO3)Nc2oc(=O)cc(CCCC3CC3)c21. The molecule has 0 radical (unpaired) electrons. The van der Waals surface area contributed by atoms with Crippen LogP contribution in [0.25, 0.3) is 0 Å². The summed E-state index contributed by atoms with van der Waals surface area (Å²) in [6.45, 7) is 1.27. The predicted molar refractivity (Wildman–Crippen MR) is 107 cm³/mol. The number of fused-ring (bicyclic) bond motifs is 1. The fourth-order valence-corrected chi connectivity index (χ4v) is 4.40. The molecule has 1 aromatic heterocycles. The molecule has 2 saturated carbocycles. The smallest absolute Gasteiger partial charge is 0.337 e. The number of hydrogen-bond donors (Lipinski definition) is 2. The zero-order valence-corrected chi connectivity index (χ0v) is 16.9. The third-order valence-corrected chi connectivity index (χ3v) is 6.24. The number of oxime groups is 1. The largest absolute Gasteiger partial charge is 0.406 e. The number of aryl methyl sites for hydroxylation is 1. The molecule has 162 valence electrons. The van der Waals surface area contributed by atoms with Crippen LogP contribution in [-0.4, -0.2) is 37.0 Å². The summed E-state index contributed by atoms with van der Waals surface area (Å²) in [5.74, 6) is 0.170. The normalized spacial score (nSPS) is 24.9. The molecular weight excluding hydrogens is 390 g/mol. The van der Waals surface area contributed by atoms with Crippen molar-refractivity contribution in [3.05, 3.63) is 27.6 Å². The van der Waals surface area contributed by atoms with E-state index < -0.39 is 17.8 Å². The summed E-state index contributed by atoms with van der Waals surface area (Å²) >= 11 is 0. The maximum Gasteiger partial charge on any atom is 0.337 e. The predicted octanol–water partition coefficient (Wildman–Crippen LogP) is 2.50. The summed E-state index contributed by atoms with van der Waals surface area (Å²) < 4.78 is 16.7. The number of nitrogens with zero attached hydrogens (tertiary/aromatic N) is 1. The van der Waals surface area contributed by atoms with Crippen LogP contribution in [0.15, 0.2) is 20.4 Å². The minimum atomic E-state index is -0.891. The Bertz CT molecular complexity index is 888. The van der Waals surface area contributed by atoms with E-state index in [2.05, 4.69) is 15.8 Å². The highest BCUT2D eigenvalue weighted by Crippen LogP contribution is 2.35. The van der Waals surface area contributed by atoms with Gasteiger partial charge in [-0.15, -0.1) is 0 Å². The third kappa shape index (κ3) is 4.22. The van der Waals surface area contributed by atoms with Crippen LogP contribution in [0, 0.1) is 5.92 Å². The van der Waals surface area contributed by atoms with E-state index >= 15 is 0 Å². The summed E-state index contributed by atoms with van der Waals surface area (Å²) in [5, 5.41) is 9.87. The summed E-state index contributed by atoms with van der Waals surface area (Å²) in [5.41, 5.74) is 1.51. The second kappa shape index (κ2) is 8.03. The molecule has 1 amide bonds. The maximum absolute atomic E-state index is 12.7. The van der Waals surface area contributed by atoms with E-state index in [1.54, 1.807) is 0 Å². The topological polar surface area (TPSA) is 111 Å². The van der Waals surface area contributed by atoms with Crippen molar-refractivity contribution < 1.29 is 23.5 Å². The molecule has 5 rings (SSSR count). The number of anilines is 1. The number of nitrogens with one attached hydrogen (secondary N) is 2. The first-order chi connectivity index (χ1) is 14.6. The summed E-state index contributed by atoms with van der Waals surface area (Å²) in [4.78, 5) is 30.2. The molecule has 0 aromatic carbocycles. The van der Waals surface area contributed by atoms with E-state index in [4.69, 9.17) is 18.7 Å². The van der Waals surface area contributed by atoms with Gasteiger partial charge >= 0.3 is 5.63 Å². The molecule has 0 bridgehead atoms. The molecule has 3 fully saturated rings. The molecule has 1 spiro atoms. The molecule has 2 aliphatic heterocycles. The van der Waals surface area contributed by atoms with Crippen molar-refractivity contribution in [1.29, 1.82) is 0 Å². The lowest BCUT2D eigenvalue weighted by atomic mass is 9.92. The summed E-state index contributed by atoms with van der Waals surface area (Å²) in [6.07, 6.45) is 7.34. The molecular formula is C21H27N3O6. The van der Waals surface area contributed by atoms with Gasteiger partial charge in [0.1, 0.15) is 5.56 Å². The number of hydrogen-bond acceptors (Lipinski definition) is 8. The van der Waals surface area contributed by atoms with Gasteiger partial charge in [0.05, 0.1) is 18.9 Å². The zero-order valence-electron chi connectivity index (χ0n) is 16.9. The van der Waals surface area contributed by atoms with Crippen LogP contribution >= 0.6 is 0 Å². The highest BCUT2D eigenvalue weighted by atomic mass is 16.7. The Labute approximate surface area is 174 Å². The number of carbonyl (C=O) groups excluding carboxylic acids is 1. The molecule has 1 saturated heterocycles. The van der Waals surface area contributed by atoms with Gasteiger partial charge in [-0.25, -0.2) is 4.79 Å². The van der Waals surface area contributed by atoms with Gasteiger partial charge in [0.15, 0.2) is 5.79 Å². The van der Waals surface area contributed by atoms with Gasteiger partial charge in [-0.2, -0.15) is 0 Å². The molecule has 1 unspecified atom stereocenters. The Morgan fingerprint density at radius 1 is 1.13 bits per heavy atom. The summed E-state index contributed by atoms with van der Waals surface area (Å²) in [7, 11) is 0. The van der Waals surface area contributed by atoms with Crippen LogP contribution in [0.1, 0.15) is 67.3 Å². The number of rotatable bonds is 6. The average molecular weight is 417 g/mol. The summed E-state index contributed by atoms with van der Waals surface area (Å²) in [6, 6.07) is 1.42. The fraction of sp³-hybridized carbons (Fsp3) is 0.667. The second-order valence-electron chi connectivity index (χ2n) is 8.50. The Balaban J connectivity index is 1.22. The lowest BCUT2D eigenvalue weighted by Gasteiger charge is -2.32. The molecule has 3 heterocycles. The molecule has 30 heavy (non-hydrogen) atoms.